The van der Waals surface area contributed by atoms with Gasteiger partial charge in [0.1, 0.15) is 11.3 Å². The van der Waals surface area contributed by atoms with Gasteiger partial charge in [-0.15, -0.1) is 0 Å². The van der Waals surface area contributed by atoms with Gasteiger partial charge in [0, 0.05) is 48.9 Å². The van der Waals surface area contributed by atoms with E-state index in [2.05, 4.69) is 25.3 Å². The molecule has 3 aromatic heterocycles. The molecule has 4 heterocycles. The summed E-state index contributed by atoms with van der Waals surface area (Å²) in [6.45, 7) is 4.87. The van der Waals surface area contributed by atoms with Crippen LogP contribution < -0.4 is 5.32 Å². The number of aromatic nitrogens is 4. The van der Waals surface area contributed by atoms with Gasteiger partial charge in [0.2, 0.25) is 5.95 Å². The number of nitrogens with one attached hydrogen (secondary N) is 1. The summed E-state index contributed by atoms with van der Waals surface area (Å²) >= 11 is 0. The molecule has 37 heavy (non-hydrogen) atoms. The number of aryl methyl sites for hydroxylation is 2. The van der Waals surface area contributed by atoms with Gasteiger partial charge in [-0.25, -0.2) is 9.97 Å². The van der Waals surface area contributed by atoms with E-state index in [1.54, 1.807) is 25.1 Å². The van der Waals surface area contributed by atoms with E-state index in [0.717, 1.165) is 31.0 Å². The second-order valence-corrected chi connectivity index (χ2v) is 10.0. The fourth-order valence-electron chi connectivity index (χ4n) is 5.76. The van der Waals surface area contributed by atoms with Crippen molar-refractivity contribution in [1.82, 2.24) is 25.0 Å². The maximum atomic E-state index is 14.0. The summed E-state index contributed by atoms with van der Waals surface area (Å²) in [6, 6.07) is 3.79. The molecule has 2 N–H and O–H groups in total. The van der Waals surface area contributed by atoms with Gasteiger partial charge in [-0.2, -0.15) is 13.2 Å². The van der Waals surface area contributed by atoms with Crippen LogP contribution >= 0.6 is 0 Å². The van der Waals surface area contributed by atoms with Crippen LogP contribution in [0.1, 0.15) is 53.2 Å². The number of pyridine rings is 1. The Morgan fingerprint density at radius 1 is 1.14 bits per heavy atom. The smallest absolute Gasteiger partial charge is 0.390 e. The molecule has 0 aromatic carbocycles. The predicted molar refractivity (Wildman–Crippen MR) is 130 cm³/mol. The average Bonchev–Trinajstić information content (AvgIpc) is 3.54. The van der Waals surface area contributed by atoms with Crippen molar-refractivity contribution in [3.63, 3.8) is 0 Å². The van der Waals surface area contributed by atoms with E-state index in [1.807, 2.05) is 6.92 Å². The number of rotatable bonds is 5. The first-order chi connectivity index (χ1) is 17.7. The molecular weight excluding hydrogens is 485 g/mol. The van der Waals surface area contributed by atoms with Gasteiger partial charge in [-0.05, 0) is 39.2 Å². The molecule has 0 amide bonds. The summed E-state index contributed by atoms with van der Waals surface area (Å²) in [6.07, 6.45) is 0.935. The van der Waals surface area contributed by atoms with Gasteiger partial charge in [0.25, 0.3) is 0 Å². The lowest BCUT2D eigenvalue weighted by atomic mass is 10.0. The first-order valence-corrected chi connectivity index (χ1v) is 12.5. The second-order valence-electron chi connectivity index (χ2n) is 10.0. The van der Waals surface area contributed by atoms with E-state index in [0.29, 0.717) is 53.5 Å². The van der Waals surface area contributed by atoms with E-state index < -0.39 is 11.7 Å². The molecule has 0 unspecified atom stereocenters. The van der Waals surface area contributed by atoms with Gasteiger partial charge in [-0.3, -0.25) is 9.88 Å². The monoisotopic (exact) mass is 512 g/mol. The summed E-state index contributed by atoms with van der Waals surface area (Å²) in [5.74, 6) is 0.815. The maximum absolute atomic E-state index is 14.0. The Balaban J connectivity index is 1.32. The van der Waals surface area contributed by atoms with Crippen molar-refractivity contribution in [3.8, 4) is 11.3 Å². The van der Waals surface area contributed by atoms with E-state index in [9.17, 15) is 18.3 Å². The van der Waals surface area contributed by atoms with Crippen molar-refractivity contribution in [2.24, 2.45) is 0 Å². The van der Waals surface area contributed by atoms with E-state index >= 15 is 0 Å². The molecular formula is C26H27F3N6O2. The highest BCUT2D eigenvalue weighted by atomic mass is 19.4. The Hall–Kier alpha value is -3.31. The van der Waals surface area contributed by atoms with Crippen LogP contribution in [0.3, 0.4) is 0 Å². The Kier molecular flexibility index (Phi) is 5.79. The van der Waals surface area contributed by atoms with Gasteiger partial charge in [0.05, 0.1) is 34.4 Å². The van der Waals surface area contributed by atoms with Crippen LogP contribution in [0.5, 0.6) is 0 Å². The molecule has 0 bridgehead atoms. The molecule has 6 rings (SSSR count). The van der Waals surface area contributed by atoms with Crippen LogP contribution in [-0.2, 0) is 12.6 Å². The van der Waals surface area contributed by atoms with Crippen molar-refractivity contribution in [3.05, 3.63) is 58.4 Å². The summed E-state index contributed by atoms with van der Waals surface area (Å²) in [7, 11) is 0. The van der Waals surface area contributed by atoms with Gasteiger partial charge < -0.3 is 14.9 Å². The average molecular weight is 513 g/mol. The lowest BCUT2D eigenvalue weighted by molar-refractivity contribution is -0.138. The molecule has 1 saturated carbocycles. The van der Waals surface area contributed by atoms with Crippen molar-refractivity contribution >= 4 is 11.5 Å². The number of fused-ring (bicyclic) bond motifs is 1. The molecule has 3 aliphatic rings. The zero-order valence-electron chi connectivity index (χ0n) is 20.5. The number of hydrogen-bond donors (Lipinski definition) is 2. The summed E-state index contributed by atoms with van der Waals surface area (Å²) < 4.78 is 47.3. The summed E-state index contributed by atoms with van der Waals surface area (Å²) in [5.41, 5.74) is 2.86. The minimum atomic E-state index is -4.61. The normalized spacial score (nSPS) is 22.2. The third-order valence-corrected chi connectivity index (χ3v) is 7.56. The molecule has 2 atom stereocenters. The van der Waals surface area contributed by atoms with Crippen LogP contribution in [0.25, 0.3) is 16.8 Å². The van der Waals surface area contributed by atoms with Crippen LogP contribution in [0, 0.1) is 13.8 Å². The number of nitrogens with zero attached hydrogens (tertiary/aromatic N) is 5. The largest absolute Gasteiger partial charge is 0.419 e. The fourth-order valence-corrected chi connectivity index (χ4v) is 5.76. The molecule has 0 spiro atoms. The number of β-amino-alcohol motifs (C(OH)–C–C–N with tert-alkyl or cyclic N) is 1. The number of anilines is 1. The van der Waals surface area contributed by atoms with Gasteiger partial charge in [-0.1, -0.05) is 17.3 Å². The zero-order chi connectivity index (χ0) is 25.9. The third-order valence-electron chi connectivity index (χ3n) is 7.56. The van der Waals surface area contributed by atoms with Crippen LogP contribution in [0.15, 0.2) is 28.9 Å². The van der Waals surface area contributed by atoms with Gasteiger partial charge >= 0.3 is 6.18 Å². The van der Waals surface area contributed by atoms with E-state index in [1.165, 1.54) is 0 Å². The number of hydrogen-bond acceptors (Lipinski definition) is 8. The molecule has 2 aliphatic carbocycles. The lowest BCUT2D eigenvalue weighted by Crippen LogP contribution is -2.58. The topological polar surface area (TPSA) is 100 Å². The number of aliphatic hydroxyl groups excluding tert-OH is 1. The summed E-state index contributed by atoms with van der Waals surface area (Å²) in [5, 5.41) is 16.9. The number of likely N-dealkylation sites (tertiary alicyclic amines) is 1. The highest BCUT2D eigenvalue weighted by molar-refractivity contribution is 5.85. The Labute approximate surface area is 211 Å². The van der Waals surface area contributed by atoms with Crippen molar-refractivity contribution in [1.29, 1.82) is 0 Å². The SMILES string of the molecule is Cc1noc(C)c1-c1ccc2c(n1)CC=C2c1nc(N[C@H]2CCC[C@@H]2N2CC(O)C2)ncc1C(F)(F)F. The van der Waals surface area contributed by atoms with Crippen LogP contribution in [0.4, 0.5) is 19.1 Å². The molecule has 0 radical (unpaired) electrons. The first-order valence-electron chi connectivity index (χ1n) is 12.5. The molecule has 1 saturated heterocycles. The highest BCUT2D eigenvalue weighted by Gasteiger charge is 2.40. The summed E-state index contributed by atoms with van der Waals surface area (Å²) in [4.78, 5) is 15.4. The molecule has 194 valence electrons. The molecule has 8 nitrogen and oxygen atoms in total. The van der Waals surface area contributed by atoms with Crippen LogP contribution in [-0.4, -0.2) is 61.4 Å². The predicted octanol–water partition coefficient (Wildman–Crippen LogP) is 4.16. The lowest BCUT2D eigenvalue weighted by Gasteiger charge is -2.42. The van der Waals surface area contributed by atoms with Gasteiger partial charge in [0.15, 0.2) is 0 Å². The van der Waals surface area contributed by atoms with Crippen LogP contribution in [0.2, 0.25) is 0 Å². The third kappa shape index (κ3) is 4.29. The molecule has 3 aromatic rings. The number of alkyl halides is 3. The zero-order valence-corrected chi connectivity index (χ0v) is 20.5. The quantitative estimate of drug-likeness (QED) is 0.526. The molecule has 1 aliphatic heterocycles. The van der Waals surface area contributed by atoms with Crippen molar-refractivity contribution < 1.29 is 22.8 Å². The molecule has 2 fully saturated rings. The van der Waals surface area contributed by atoms with Crippen molar-refractivity contribution in [2.45, 2.75) is 63.9 Å². The second kappa shape index (κ2) is 8.91. The Morgan fingerprint density at radius 2 is 1.95 bits per heavy atom. The van der Waals surface area contributed by atoms with E-state index in [-0.39, 0.29) is 29.8 Å². The number of aliphatic hydroxyl groups is 1. The minimum absolute atomic E-state index is 0.0150. The molecule has 11 heteroatoms. The number of allylic oxidation sites excluding steroid dienone is 1. The number of halogens is 3. The highest BCUT2D eigenvalue weighted by Crippen LogP contribution is 2.40. The van der Waals surface area contributed by atoms with E-state index in [4.69, 9.17) is 9.51 Å². The van der Waals surface area contributed by atoms with Crippen molar-refractivity contribution in [2.75, 3.05) is 18.4 Å². The Bertz CT molecular complexity index is 1360. The first kappa shape index (κ1) is 24.1. The Morgan fingerprint density at radius 3 is 2.65 bits per heavy atom. The minimum Gasteiger partial charge on any atom is -0.390 e. The fraction of sp³-hybridized carbons (Fsp3) is 0.462. The maximum Gasteiger partial charge on any atom is 0.419 e. The standard InChI is InChI=1S/C26H27F3N6O2/c1-13-23(14(2)37-34-13)21-9-6-16-17(7-8-19(16)31-21)24-18(26(27,28)29)10-30-25(33-24)32-20-4-3-5-22(20)35-11-15(36)12-35/h6-7,9-10,15,20,22,36H,3-5,8,11-12H2,1-2H3,(H,30,32,33)/t20-,22-/m0/s1.